The molecule has 7 nitrogen and oxygen atoms in total. The molecule has 0 radical (unpaired) electrons. The van der Waals surface area contributed by atoms with Crippen LogP contribution in [0.3, 0.4) is 0 Å². The zero-order valence-corrected chi connectivity index (χ0v) is 14.1. The molecule has 0 bridgehead atoms. The molecular formula is C14H21N3O4Si. The fourth-order valence-corrected chi connectivity index (χ4v) is 2.85. The van der Waals surface area contributed by atoms with E-state index in [4.69, 9.17) is 4.74 Å². The first-order valence-electron chi connectivity index (χ1n) is 7.14. The van der Waals surface area contributed by atoms with Crippen molar-refractivity contribution in [2.24, 2.45) is 0 Å². The summed E-state index contributed by atoms with van der Waals surface area (Å²) in [5.41, 5.74) is 1.10. The minimum atomic E-state index is -1.16. The summed E-state index contributed by atoms with van der Waals surface area (Å²) in [6.07, 6.45) is 0. The molecule has 0 aliphatic carbocycles. The summed E-state index contributed by atoms with van der Waals surface area (Å²) < 4.78 is 7.21. The van der Waals surface area contributed by atoms with Crippen LogP contribution in [0.25, 0.3) is 10.9 Å². The van der Waals surface area contributed by atoms with Crippen molar-refractivity contribution in [1.29, 1.82) is 0 Å². The van der Waals surface area contributed by atoms with E-state index in [0.717, 1.165) is 6.04 Å². The number of rotatable bonds is 7. The van der Waals surface area contributed by atoms with Gasteiger partial charge in [-0.2, -0.15) is 5.10 Å². The Balaban J connectivity index is 2.21. The first-order chi connectivity index (χ1) is 10.3. The van der Waals surface area contributed by atoms with E-state index in [0.29, 0.717) is 23.2 Å². The van der Waals surface area contributed by atoms with Crippen LogP contribution in [-0.2, 0) is 18.1 Å². The zero-order valence-electron chi connectivity index (χ0n) is 13.1. The Morgan fingerprint density at radius 3 is 2.73 bits per heavy atom. The molecular weight excluding hydrogens is 302 g/mol. The number of nitro benzene ring substituents is 1. The summed E-state index contributed by atoms with van der Waals surface area (Å²) in [4.78, 5) is 10.5. The van der Waals surface area contributed by atoms with Crippen LogP contribution in [0.1, 0.15) is 5.69 Å². The summed E-state index contributed by atoms with van der Waals surface area (Å²) in [5.74, 6) is 0. The van der Waals surface area contributed by atoms with Gasteiger partial charge in [0, 0.05) is 32.2 Å². The molecule has 2 rings (SSSR count). The lowest BCUT2D eigenvalue weighted by molar-refractivity contribution is -0.384. The molecule has 1 N–H and O–H groups in total. The number of benzene rings is 1. The average molecular weight is 323 g/mol. The maximum absolute atomic E-state index is 10.9. The van der Waals surface area contributed by atoms with Gasteiger partial charge >= 0.3 is 0 Å². The molecule has 2 aromatic rings. The number of nitro groups is 1. The third-order valence-electron chi connectivity index (χ3n) is 3.38. The number of fused-ring (bicyclic) bond motifs is 1. The first-order valence-corrected chi connectivity index (χ1v) is 10.8. The highest BCUT2D eigenvalue weighted by Gasteiger charge is 2.15. The molecule has 120 valence electrons. The lowest BCUT2D eigenvalue weighted by Crippen LogP contribution is -2.22. The molecule has 1 aromatic heterocycles. The first kappa shape index (κ1) is 16.6. The summed E-state index contributed by atoms with van der Waals surface area (Å²) in [7, 11) is -1.16. The highest BCUT2D eigenvalue weighted by atomic mass is 28.3. The number of aliphatic hydroxyl groups is 1. The maximum atomic E-state index is 10.9. The third kappa shape index (κ3) is 3.90. The molecule has 0 unspecified atom stereocenters. The number of aliphatic hydroxyl groups excluding tert-OH is 1. The Kier molecular flexibility index (Phi) is 4.94. The molecule has 0 saturated carbocycles. The third-order valence-corrected chi connectivity index (χ3v) is 5.09. The Labute approximate surface area is 129 Å². The second-order valence-electron chi connectivity index (χ2n) is 6.41. The quantitative estimate of drug-likeness (QED) is 0.366. The summed E-state index contributed by atoms with van der Waals surface area (Å²) >= 11 is 0. The van der Waals surface area contributed by atoms with Gasteiger partial charge in [0.25, 0.3) is 5.69 Å². The van der Waals surface area contributed by atoms with E-state index in [1.807, 2.05) is 0 Å². The topological polar surface area (TPSA) is 90.4 Å². The van der Waals surface area contributed by atoms with E-state index in [9.17, 15) is 15.2 Å². The summed E-state index contributed by atoms with van der Waals surface area (Å²) in [6, 6.07) is 5.53. The van der Waals surface area contributed by atoms with E-state index in [2.05, 4.69) is 24.7 Å². The van der Waals surface area contributed by atoms with E-state index >= 15 is 0 Å². The number of hydrogen-bond acceptors (Lipinski definition) is 5. The standard InChI is InChI=1S/C14H21N3O4Si/c1-22(2,3)7-6-21-10-16-14-8-11(17(19)20)4-5-12(14)13(9-18)15-16/h4-5,8,18H,6-7,9-10H2,1-3H3. The van der Waals surface area contributed by atoms with Gasteiger partial charge in [0.2, 0.25) is 0 Å². The number of nitrogens with zero attached hydrogens (tertiary/aromatic N) is 3. The Hall–Kier alpha value is -1.77. The van der Waals surface area contributed by atoms with Crippen molar-refractivity contribution in [2.45, 2.75) is 39.0 Å². The van der Waals surface area contributed by atoms with Gasteiger partial charge in [-0.3, -0.25) is 10.1 Å². The summed E-state index contributed by atoms with van der Waals surface area (Å²) in [6.45, 7) is 7.46. The van der Waals surface area contributed by atoms with Crippen LogP contribution in [0.5, 0.6) is 0 Å². The fourth-order valence-electron chi connectivity index (χ4n) is 2.09. The SMILES string of the molecule is C[Si](C)(C)CCOCn1nc(CO)c2ccc([N+](=O)[O-])cc21. The van der Waals surface area contributed by atoms with Crippen LogP contribution >= 0.6 is 0 Å². The molecule has 1 heterocycles. The second kappa shape index (κ2) is 6.55. The maximum Gasteiger partial charge on any atom is 0.271 e. The number of ether oxygens (including phenoxy) is 1. The van der Waals surface area contributed by atoms with Gasteiger partial charge in [-0.25, -0.2) is 4.68 Å². The number of hydrogen-bond donors (Lipinski definition) is 1. The van der Waals surface area contributed by atoms with E-state index < -0.39 is 13.0 Å². The van der Waals surface area contributed by atoms with Gasteiger partial charge in [-0.1, -0.05) is 19.6 Å². The Morgan fingerprint density at radius 2 is 2.14 bits per heavy atom. The predicted octanol–water partition coefficient (Wildman–Crippen LogP) is 2.75. The average Bonchev–Trinajstić information content (AvgIpc) is 2.80. The van der Waals surface area contributed by atoms with Gasteiger partial charge in [0.15, 0.2) is 0 Å². The fraction of sp³-hybridized carbons (Fsp3) is 0.500. The Morgan fingerprint density at radius 1 is 1.41 bits per heavy atom. The van der Waals surface area contributed by atoms with Crippen molar-refractivity contribution < 1.29 is 14.8 Å². The lowest BCUT2D eigenvalue weighted by atomic mass is 10.2. The van der Waals surface area contributed by atoms with Crippen molar-refractivity contribution in [3.8, 4) is 0 Å². The van der Waals surface area contributed by atoms with Crippen molar-refractivity contribution in [1.82, 2.24) is 9.78 Å². The summed E-state index contributed by atoms with van der Waals surface area (Å²) in [5, 5.41) is 25.2. The second-order valence-corrected chi connectivity index (χ2v) is 12.0. The molecule has 0 amide bonds. The Bertz CT molecular complexity index is 679. The highest BCUT2D eigenvalue weighted by molar-refractivity contribution is 6.76. The molecule has 1 aromatic carbocycles. The van der Waals surface area contributed by atoms with Gasteiger partial charge in [-0.15, -0.1) is 0 Å². The molecule has 0 atom stereocenters. The molecule has 0 saturated heterocycles. The van der Waals surface area contributed by atoms with Crippen molar-refractivity contribution in [3.05, 3.63) is 34.0 Å². The molecule has 0 aliphatic heterocycles. The van der Waals surface area contributed by atoms with Crippen LogP contribution in [0.2, 0.25) is 25.7 Å². The van der Waals surface area contributed by atoms with Crippen molar-refractivity contribution in [3.63, 3.8) is 0 Å². The van der Waals surface area contributed by atoms with Gasteiger partial charge in [0.05, 0.1) is 22.7 Å². The van der Waals surface area contributed by atoms with E-state index in [1.54, 1.807) is 10.7 Å². The van der Waals surface area contributed by atoms with Crippen molar-refractivity contribution in [2.75, 3.05) is 6.61 Å². The van der Waals surface area contributed by atoms with Gasteiger partial charge in [-0.05, 0) is 12.1 Å². The molecule has 22 heavy (non-hydrogen) atoms. The van der Waals surface area contributed by atoms with Gasteiger partial charge in [0.1, 0.15) is 6.73 Å². The van der Waals surface area contributed by atoms with E-state index in [-0.39, 0.29) is 19.0 Å². The van der Waals surface area contributed by atoms with Crippen LogP contribution in [0, 0.1) is 10.1 Å². The van der Waals surface area contributed by atoms with Crippen LogP contribution < -0.4 is 0 Å². The molecule has 0 fully saturated rings. The zero-order chi connectivity index (χ0) is 16.3. The molecule has 0 aliphatic rings. The highest BCUT2D eigenvalue weighted by Crippen LogP contribution is 2.24. The predicted molar refractivity (Wildman–Crippen MR) is 86.4 cm³/mol. The minimum Gasteiger partial charge on any atom is -0.390 e. The number of aromatic nitrogens is 2. The van der Waals surface area contributed by atoms with Crippen molar-refractivity contribution >= 4 is 24.7 Å². The van der Waals surface area contributed by atoms with Crippen LogP contribution in [0.15, 0.2) is 18.2 Å². The lowest BCUT2D eigenvalue weighted by Gasteiger charge is -2.15. The van der Waals surface area contributed by atoms with Crippen LogP contribution in [0.4, 0.5) is 5.69 Å². The smallest absolute Gasteiger partial charge is 0.271 e. The normalized spacial score (nSPS) is 12.0. The molecule has 8 heteroatoms. The largest absolute Gasteiger partial charge is 0.390 e. The van der Waals surface area contributed by atoms with Gasteiger partial charge < -0.3 is 9.84 Å². The van der Waals surface area contributed by atoms with Crippen LogP contribution in [-0.4, -0.2) is 34.5 Å². The minimum absolute atomic E-state index is 0.000221. The van der Waals surface area contributed by atoms with E-state index in [1.165, 1.54) is 12.1 Å². The number of non-ortho nitro benzene ring substituents is 1. The molecule has 0 spiro atoms. The monoisotopic (exact) mass is 323 g/mol.